The second-order valence-electron chi connectivity index (χ2n) is 7.75. The number of nitrogens with one attached hydrogen (secondary N) is 1. The van der Waals surface area contributed by atoms with E-state index >= 15 is 0 Å². The van der Waals surface area contributed by atoms with Gasteiger partial charge in [-0.15, -0.1) is 0 Å². The Labute approximate surface area is 170 Å². The Balaban J connectivity index is 1.58. The first-order chi connectivity index (χ1) is 14.0. The third-order valence-electron chi connectivity index (χ3n) is 5.73. The predicted octanol–water partition coefficient (Wildman–Crippen LogP) is 4.47. The molecule has 4 nitrogen and oxygen atoms in total. The summed E-state index contributed by atoms with van der Waals surface area (Å²) in [6, 6.07) is 23.7. The zero-order chi connectivity index (χ0) is 20.4. The number of amides is 1. The Hall–Kier alpha value is -3.40. The van der Waals surface area contributed by atoms with E-state index in [-0.39, 0.29) is 23.0 Å². The van der Waals surface area contributed by atoms with Crippen LogP contribution in [0, 0.1) is 19.8 Å². The smallest absolute Gasteiger partial charge is 0.244 e. The van der Waals surface area contributed by atoms with Crippen LogP contribution in [0.3, 0.4) is 0 Å². The summed E-state index contributed by atoms with van der Waals surface area (Å²) < 4.78 is 0. The number of phenolic OH excluding ortho intramolecular Hbond substituents is 1. The largest absolute Gasteiger partial charge is 0.507 e. The number of rotatable bonds is 5. The Bertz CT molecular complexity index is 1010. The van der Waals surface area contributed by atoms with E-state index in [1.807, 2.05) is 6.07 Å². The van der Waals surface area contributed by atoms with Crippen LogP contribution in [0.5, 0.6) is 5.75 Å². The molecule has 1 aliphatic carbocycles. The molecule has 1 fully saturated rings. The number of benzene rings is 3. The lowest BCUT2D eigenvalue weighted by Crippen LogP contribution is -2.25. The number of carbonyl (C=O) groups is 1. The molecule has 146 valence electrons. The van der Waals surface area contributed by atoms with Gasteiger partial charge in [-0.05, 0) is 43.5 Å². The van der Waals surface area contributed by atoms with Gasteiger partial charge in [0.2, 0.25) is 5.91 Å². The van der Waals surface area contributed by atoms with Crippen molar-refractivity contribution in [3.63, 3.8) is 0 Å². The number of hydrogen-bond donors (Lipinski definition) is 2. The van der Waals surface area contributed by atoms with Gasteiger partial charge in [0.1, 0.15) is 5.75 Å². The molecule has 0 spiro atoms. The zero-order valence-corrected chi connectivity index (χ0v) is 16.6. The first-order valence-corrected chi connectivity index (χ1v) is 9.76. The monoisotopic (exact) mass is 384 g/mol. The molecule has 1 aliphatic rings. The number of aryl methyl sites for hydroxylation is 2. The van der Waals surface area contributed by atoms with E-state index < -0.39 is 0 Å². The second-order valence-corrected chi connectivity index (χ2v) is 7.75. The summed E-state index contributed by atoms with van der Waals surface area (Å²) in [6.07, 6.45) is 2.21. The highest BCUT2D eigenvalue weighted by Gasteiger charge is 2.60. The number of aromatic hydroxyl groups is 1. The maximum atomic E-state index is 12.9. The fourth-order valence-corrected chi connectivity index (χ4v) is 3.93. The average molecular weight is 384 g/mol. The first-order valence-electron chi connectivity index (χ1n) is 9.76. The van der Waals surface area contributed by atoms with Gasteiger partial charge in [-0.2, -0.15) is 5.10 Å². The van der Waals surface area contributed by atoms with Crippen molar-refractivity contribution in [2.45, 2.75) is 25.7 Å². The Morgan fingerprint density at radius 2 is 1.52 bits per heavy atom. The molecule has 0 heterocycles. The second kappa shape index (κ2) is 7.55. The molecule has 4 heteroatoms. The minimum Gasteiger partial charge on any atom is -0.507 e. The van der Waals surface area contributed by atoms with Crippen LogP contribution in [0.4, 0.5) is 0 Å². The van der Waals surface area contributed by atoms with E-state index in [0.29, 0.717) is 5.56 Å². The Morgan fingerprint density at radius 3 is 2.07 bits per heavy atom. The number of phenols is 1. The molecule has 2 N–H and O–H groups in total. The summed E-state index contributed by atoms with van der Waals surface area (Å²) in [7, 11) is 0. The zero-order valence-electron chi connectivity index (χ0n) is 16.6. The number of para-hydroxylation sites is 1. The minimum atomic E-state index is -0.324. The van der Waals surface area contributed by atoms with Crippen molar-refractivity contribution in [2.75, 3.05) is 0 Å². The highest BCUT2D eigenvalue weighted by Crippen LogP contribution is 2.59. The van der Waals surface area contributed by atoms with Gasteiger partial charge in [-0.1, -0.05) is 71.8 Å². The van der Waals surface area contributed by atoms with Gasteiger partial charge in [-0.3, -0.25) is 4.79 Å². The molecular formula is C25H24N2O2. The summed E-state index contributed by atoms with van der Waals surface area (Å²) in [5.41, 5.74) is 7.59. The normalized spacial score (nSPS) is 17.2. The molecule has 0 saturated heterocycles. The maximum Gasteiger partial charge on any atom is 0.244 e. The standard InChI is InChI=1S/C25H24N2O2/c1-17-7-11-20(12-8-17)25(21-13-9-18(2)10-14-21)15-22(25)24(29)27-26-16-19-5-3-4-6-23(19)28/h3-14,16,22,28H,15H2,1-2H3,(H,27,29)/b26-16-/t22-/m0/s1. The quantitative estimate of drug-likeness (QED) is 0.504. The molecule has 0 radical (unpaired) electrons. The summed E-state index contributed by atoms with van der Waals surface area (Å²) in [4.78, 5) is 12.9. The van der Waals surface area contributed by atoms with Gasteiger partial charge < -0.3 is 5.11 Å². The third-order valence-corrected chi connectivity index (χ3v) is 5.73. The Morgan fingerprint density at radius 1 is 0.966 bits per heavy atom. The number of nitrogens with zero attached hydrogens (tertiary/aromatic N) is 1. The van der Waals surface area contributed by atoms with Gasteiger partial charge >= 0.3 is 0 Å². The lowest BCUT2D eigenvalue weighted by Gasteiger charge is -2.19. The highest BCUT2D eigenvalue weighted by atomic mass is 16.3. The molecule has 3 aromatic rings. The number of hydrogen-bond acceptors (Lipinski definition) is 3. The maximum absolute atomic E-state index is 12.9. The summed E-state index contributed by atoms with van der Waals surface area (Å²) in [6.45, 7) is 4.13. The van der Waals surface area contributed by atoms with E-state index in [4.69, 9.17) is 0 Å². The van der Waals surface area contributed by atoms with Crippen molar-refractivity contribution in [1.82, 2.24) is 5.43 Å². The molecule has 1 atom stereocenters. The van der Waals surface area contributed by atoms with Crippen LogP contribution in [0.25, 0.3) is 0 Å². The highest BCUT2D eigenvalue weighted by molar-refractivity contribution is 5.88. The van der Waals surface area contributed by atoms with Crippen molar-refractivity contribution in [2.24, 2.45) is 11.0 Å². The molecule has 29 heavy (non-hydrogen) atoms. The van der Waals surface area contributed by atoms with Crippen molar-refractivity contribution in [3.05, 3.63) is 101 Å². The van der Waals surface area contributed by atoms with E-state index in [1.54, 1.807) is 18.2 Å². The fourth-order valence-electron chi connectivity index (χ4n) is 3.93. The third kappa shape index (κ3) is 3.66. The lowest BCUT2D eigenvalue weighted by molar-refractivity contribution is -0.122. The lowest BCUT2D eigenvalue weighted by atomic mass is 9.85. The van der Waals surface area contributed by atoms with Crippen LogP contribution in [-0.4, -0.2) is 17.2 Å². The molecule has 0 aromatic heterocycles. The molecule has 0 aliphatic heterocycles. The average Bonchev–Trinajstić information content (AvgIpc) is 3.47. The van der Waals surface area contributed by atoms with Gasteiger partial charge in [0.15, 0.2) is 0 Å². The Kier molecular flexibility index (Phi) is 4.93. The van der Waals surface area contributed by atoms with Gasteiger partial charge in [-0.25, -0.2) is 5.43 Å². The summed E-state index contributed by atoms with van der Waals surface area (Å²) in [5, 5.41) is 13.9. The van der Waals surface area contributed by atoms with Crippen LogP contribution < -0.4 is 5.43 Å². The van der Waals surface area contributed by atoms with E-state index in [0.717, 1.165) is 17.5 Å². The van der Waals surface area contributed by atoms with Crippen molar-refractivity contribution in [3.8, 4) is 5.75 Å². The van der Waals surface area contributed by atoms with Crippen LogP contribution in [-0.2, 0) is 10.2 Å². The van der Waals surface area contributed by atoms with E-state index in [9.17, 15) is 9.90 Å². The fraction of sp³-hybridized carbons (Fsp3) is 0.200. The molecule has 1 saturated carbocycles. The predicted molar refractivity (Wildman–Crippen MR) is 115 cm³/mol. The van der Waals surface area contributed by atoms with Crippen LogP contribution in [0.2, 0.25) is 0 Å². The molecule has 0 unspecified atom stereocenters. The number of carbonyl (C=O) groups excluding carboxylic acids is 1. The van der Waals surface area contributed by atoms with Crippen molar-refractivity contribution >= 4 is 12.1 Å². The van der Waals surface area contributed by atoms with Crippen molar-refractivity contribution in [1.29, 1.82) is 0 Å². The van der Waals surface area contributed by atoms with Gasteiger partial charge in [0, 0.05) is 11.0 Å². The first kappa shape index (κ1) is 18.9. The minimum absolute atomic E-state index is 0.113. The van der Waals surface area contributed by atoms with E-state index in [1.165, 1.54) is 17.3 Å². The van der Waals surface area contributed by atoms with Gasteiger partial charge in [0.25, 0.3) is 0 Å². The summed E-state index contributed by atoms with van der Waals surface area (Å²) in [5.74, 6) is -0.169. The number of hydrazone groups is 1. The van der Waals surface area contributed by atoms with E-state index in [2.05, 4.69) is 72.9 Å². The molecule has 4 rings (SSSR count). The molecule has 1 amide bonds. The molecule has 0 bridgehead atoms. The molecule has 3 aromatic carbocycles. The van der Waals surface area contributed by atoms with Crippen LogP contribution in [0.1, 0.15) is 34.2 Å². The molecular weight excluding hydrogens is 360 g/mol. The summed E-state index contributed by atoms with van der Waals surface area (Å²) >= 11 is 0. The SMILES string of the molecule is Cc1ccc(C2(c3ccc(C)cc3)C[C@H]2C(=O)N/N=C\c2ccccc2O)cc1. The van der Waals surface area contributed by atoms with Gasteiger partial charge in [0.05, 0.1) is 12.1 Å². The van der Waals surface area contributed by atoms with Crippen LogP contribution >= 0.6 is 0 Å². The van der Waals surface area contributed by atoms with Crippen molar-refractivity contribution < 1.29 is 9.90 Å². The van der Waals surface area contributed by atoms with Crippen LogP contribution in [0.15, 0.2) is 77.9 Å². The topological polar surface area (TPSA) is 61.7 Å².